The lowest BCUT2D eigenvalue weighted by Gasteiger charge is -2.15. The van der Waals surface area contributed by atoms with Crippen LogP contribution in [0.4, 0.5) is 5.69 Å². The second-order valence-corrected chi connectivity index (χ2v) is 9.37. The van der Waals surface area contributed by atoms with E-state index in [9.17, 15) is 4.79 Å². The molecule has 0 radical (unpaired) electrons. The summed E-state index contributed by atoms with van der Waals surface area (Å²) in [5.74, 6) is 0. The van der Waals surface area contributed by atoms with Crippen LogP contribution < -0.4 is 5.32 Å². The number of carbonyl (C=O) groups excluding carboxylic acids is 1. The number of nitrogens with zero attached hydrogens (tertiary/aromatic N) is 2. The van der Waals surface area contributed by atoms with Crippen LogP contribution in [0, 0.1) is 13.8 Å². The van der Waals surface area contributed by atoms with Crippen molar-refractivity contribution < 1.29 is 4.79 Å². The average molecular weight is 436 g/mol. The van der Waals surface area contributed by atoms with Gasteiger partial charge in [0.1, 0.15) is 0 Å². The van der Waals surface area contributed by atoms with E-state index in [4.69, 9.17) is 0 Å². The fourth-order valence-electron chi connectivity index (χ4n) is 2.85. The largest absolute Gasteiger partial charge is 0.329 e. The van der Waals surface area contributed by atoms with Crippen LogP contribution in [0.2, 0.25) is 0 Å². The molecule has 4 aromatic rings. The van der Waals surface area contributed by atoms with Crippen molar-refractivity contribution in [2.75, 3.05) is 12.4 Å². The standard InChI is InChI=1S/C15H17NS.C9H8N2OS/c1-13-8-10-15(11-9-13)17-16(2)12-14-6-4-3-5-7-14;1-6-11-8-4-7(10-5-12)2-3-9(8)13-6/h3-11H,12H2,1-2H3;2-5H,1H3,(H,10,12). The maximum absolute atomic E-state index is 10.2. The fourth-order valence-corrected chi connectivity index (χ4v) is 4.49. The molecule has 4 rings (SSSR count). The summed E-state index contributed by atoms with van der Waals surface area (Å²) in [6, 6.07) is 24.9. The van der Waals surface area contributed by atoms with Gasteiger partial charge in [0.25, 0.3) is 0 Å². The van der Waals surface area contributed by atoms with Gasteiger partial charge in [0.05, 0.1) is 15.2 Å². The lowest BCUT2D eigenvalue weighted by molar-refractivity contribution is -0.105. The van der Waals surface area contributed by atoms with Crippen LogP contribution in [0.1, 0.15) is 16.1 Å². The number of nitrogens with one attached hydrogen (secondary N) is 1. The van der Waals surface area contributed by atoms with Crippen LogP contribution in [0.5, 0.6) is 0 Å². The van der Waals surface area contributed by atoms with Gasteiger partial charge in [0, 0.05) is 17.1 Å². The van der Waals surface area contributed by atoms with E-state index in [0.29, 0.717) is 6.41 Å². The molecule has 1 amide bonds. The molecule has 30 heavy (non-hydrogen) atoms. The predicted molar refractivity (Wildman–Crippen MR) is 129 cm³/mol. The number of rotatable bonds is 6. The number of aromatic nitrogens is 1. The SMILES string of the molecule is Cc1ccc(SN(C)Cc2ccccc2)cc1.Cc1nc2cc(NC=O)ccc2s1. The van der Waals surface area contributed by atoms with Gasteiger partial charge in [-0.15, -0.1) is 11.3 Å². The molecular weight excluding hydrogens is 410 g/mol. The number of fused-ring (bicyclic) bond motifs is 1. The summed E-state index contributed by atoms with van der Waals surface area (Å²) >= 11 is 3.43. The van der Waals surface area contributed by atoms with Crippen molar-refractivity contribution in [3.63, 3.8) is 0 Å². The van der Waals surface area contributed by atoms with Crippen LogP contribution in [0.25, 0.3) is 10.2 Å². The summed E-state index contributed by atoms with van der Waals surface area (Å²) < 4.78 is 3.40. The van der Waals surface area contributed by atoms with Crippen molar-refractivity contribution in [3.8, 4) is 0 Å². The van der Waals surface area contributed by atoms with Gasteiger partial charge in [-0.1, -0.05) is 48.0 Å². The van der Waals surface area contributed by atoms with E-state index in [1.54, 1.807) is 23.3 Å². The summed E-state index contributed by atoms with van der Waals surface area (Å²) in [6.07, 6.45) is 0.667. The Morgan fingerprint density at radius 1 is 1.03 bits per heavy atom. The maximum atomic E-state index is 10.2. The molecule has 0 unspecified atom stereocenters. The van der Waals surface area contributed by atoms with Crippen LogP contribution in [-0.2, 0) is 11.3 Å². The highest BCUT2D eigenvalue weighted by atomic mass is 32.2. The van der Waals surface area contributed by atoms with Crippen molar-refractivity contribution in [2.24, 2.45) is 0 Å². The van der Waals surface area contributed by atoms with Crippen LogP contribution in [-0.4, -0.2) is 22.7 Å². The fraction of sp³-hybridized carbons (Fsp3) is 0.167. The molecule has 0 atom stereocenters. The molecule has 0 spiro atoms. The average Bonchev–Trinajstić information content (AvgIpc) is 3.10. The lowest BCUT2D eigenvalue weighted by atomic mass is 10.2. The zero-order valence-corrected chi connectivity index (χ0v) is 19.0. The van der Waals surface area contributed by atoms with E-state index in [2.05, 4.69) is 83.2 Å². The Labute approximate surface area is 186 Å². The number of hydrogen-bond acceptors (Lipinski definition) is 5. The Balaban J connectivity index is 0.000000177. The third-order valence-corrected chi connectivity index (χ3v) is 6.13. The second kappa shape index (κ2) is 10.9. The predicted octanol–water partition coefficient (Wildman–Crippen LogP) is 6.31. The van der Waals surface area contributed by atoms with Crippen LogP contribution in [0.3, 0.4) is 0 Å². The van der Waals surface area contributed by atoms with E-state index in [0.717, 1.165) is 27.5 Å². The summed E-state index contributed by atoms with van der Waals surface area (Å²) in [5.41, 5.74) is 4.37. The van der Waals surface area contributed by atoms with Crippen molar-refractivity contribution in [1.29, 1.82) is 0 Å². The normalized spacial score (nSPS) is 10.5. The Morgan fingerprint density at radius 2 is 1.77 bits per heavy atom. The first-order chi connectivity index (χ1) is 14.5. The first kappa shape index (κ1) is 22.0. The summed E-state index contributed by atoms with van der Waals surface area (Å²) in [5, 5.41) is 3.63. The number of aryl methyl sites for hydroxylation is 2. The minimum atomic E-state index is 0.667. The highest BCUT2D eigenvalue weighted by molar-refractivity contribution is 7.97. The molecule has 3 aromatic carbocycles. The highest BCUT2D eigenvalue weighted by Crippen LogP contribution is 2.24. The van der Waals surface area contributed by atoms with Gasteiger partial charge < -0.3 is 5.32 Å². The summed E-state index contributed by atoms with van der Waals surface area (Å²) in [7, 11) is 2.12. The van der Waals surface area contributed by atoms with Crippen molar-refractivity contribution in [2.45, 2.75) is 25.3 Å². The molecule has 6 heteroatoms. The maximum Gasteiger partial charge on any atom is 0.211 e. The van der Waals surface area contributed by atoms with E-state index in [-0.39, 0.29) is 0 Å². The van der Waals surface area contributed by atoms with E-state index < -0.39 is 0 Å². The monoisotopic (exact) mass is 435 g/mol. The zero-order chi connectivity index (χ0) is 21.3. The summed E-state index contributed by atoms with van der Waals surface area (Å²) in [6.45, 7) is 5.04. The molecule has 0 aliphatic rings. The molecule has 0 fully saturated rings. The third kappa shape index (κ3) is 6.69. The molecule has 0 aliphatic heterocycles. The van der Waals surface area contributed by atoms with Gasteiger partial charge in [0.15, 0.2) is 0 Å². The molecule has 0 aliphatic carbocycles. The van der Waals surface area contributed by atoms with Crippen molar-refractivity contribution in [3.05, 3.63) is 88.9 Å². The topological polar surface area (TPSA) is 45.2 Å². The minimum absolute atomic E-state index is 0.667. The van der Waals surface area contributed by atoms with E-state index >= 15 is 0 Å². The van der Waals surface area contributed by atoms with E-state index in [1.165, 1.54) is 16.0 Å². The first-order valence-electron chi connectivity index (χ1n) is 9.60. The minimum Gasteiger partial charge on any atom is -0.329 e. The number of anilines is 1. The molecule has 0 bridgehead atoms. The zero-order valence-electron chi connectivity index (χ0n) is 17.3. The molecule has 1 N–H and O–H groups in total. The number of benzene rings is 3. The highest BCUT2D eigenvalue weighted by Gasteiger charge is 2.02. The Hall–Kier alpha value is -2.67. The number of hydrogen-bond donors (Lipinski definition) is 1. The first-order valence-corrected chi connectivity index (χ1v) is 11.2. The molecule has 1 aromatic heterocycles. The Kier molecular flexibility index (Phi) is 8.02. The lowest BCUT2D eigenvalue weighted by Crippen LogP contribution is -2.08. The molecule has 0 saturated heterocycles. The smallest absolute Gasteiger partial charge is 0.211 e. The number of carbonyl (C=O) groups is 1. The van der Waals surface area contributed by atoms with E-state index in [1.807, 2.05) is 25.1 Å². The van der Waals surface area contributed by atoms with Gasteiger partial charge >= 0.3 is 0 Å². The molecule has 154 valence electrons. The van der Waals surface area contributed by atoms with Crippen LogP contribution in [0.15, 0.2) is 77.7 Å². The second-order valence-electron chi connectivity index (χ2n) is 6.85. The molecule has 4 nitrogen and oxygen atoms in total. The van der Waals surface area contributed by atoms with Crippen molar-refractivity contribution in [1.82, 2.24) is 9.29 Å². The van der Waals surface area contributed by atoms with Gasteiger partial charge in [-0.2, -0.15) is 0 Å². The molecular formula is C24H25N3OS2. The number of thiazole rings is 1. The molecule has 1 heterocycles. The number of amides is 1. The van der Waals surface area contributed by atoms with Gasteiger partial charge in [-0.25, -0.2) is 9.29 Å². The Morgan fingerprint density at radius 3 is 2.47 bits per heavy atom. The van der Waals surface area contributed by atoms with Gasteiger partial charge in [0.2, 0.25) is 6.41 Å². The van der Waals surface area contributed by atoms with Gasteiger partial charge in [-0.05, 0) is 68.7 Å². The quantitative estimate of drug-likeness (QED) is 0.285. The summed E-state index contributed by atoms with van der Waals surface area (Å²) in [4.78, 5) is 15.8. The molecule has 0 saturated carbocycles. The third-order valence-electron chi connectivity index (χ3n) is 4.25. The van der Waals surface area contributed by atoms with Gasteiger partial charge in [-0.3, -0.25) is 4.79 Å². The van der Waals surface area contributed by atoms with Crippen molar-refractivity contribution >= 4 is 45.6 Å². The van der Waals surface area contributed by atoms with Crippen LogP contribution >= 0.6 is 23.3 Å². The Bertz CT molecular complexity index is 1080.